The maximum absolute atomic E-state index is 5.51. The van der Waals surface area contributed by atoms with Gasteiger partial charge in [0.1, 0.15) is 0 Å². The molecule has 1 rings (SSSR count). The van der Waals surface area contributed by atoms with Gasteiger partial charge in [-0.25, -0.2) is 0 Å². The molecule has 0 aliphatic heterocycles. The molecule has 0 saturated heterocycles. The van der Waals surface area contributed by atoms with Gasteiger partial charge in [-0.3, -0.25) is 0 Å². The molecule has 0 radical (unpaired) electrons. The van der Waals surface area contributed by atoms with Crippen LogP contribution in [-0.2, 0) is 4.74 Å². The van der Waals surface area contributed by atoms with Crippen molar-refractivity contribution in [1.82, 2.24) is 0 Å². The smallest absolute Gasteiger partial charge is 0.0756 e. The lowest BCUT2D eigenvalue weighted by atomic mass is 9.96. The molecular weight excluding hydrogens is 136 g/mol. The SMILES string of the molecule is CCOC(C)C1=CCCCC1. The van der Waals surface area contributed by atoms with Crippen LogP contribution in [-0.4, -0.2) is 12.7 Å². The van der Waals surface area contributed by atoms with Gasteiger partial charge in [-0.2, -0.15) is 0 Å². The first-order chi connectivity index (χ1) is 5.34. The van der Waals surface area contributed by atoms with Crippen molar-refractivity contribution in [3.05, 3.63) is 11.6 Å². The Bertz CT molecular complexity index is 138. The molecule has 64 valence electrons. The van der Waals surface area contributed by atoms with Crippen LogP contribution in [0, 0.1) is 0 Å². The van der Waals surface area contributed by atoms with Crippen molar-refractivity contribution in [3.8, 4) is 0 Å². The van der Waals surface area contributed by atoms with E-state index in [-0.39, 0.29) is 0 Å². The van der Waals surface area contributed by atoms with Crippen LogP contribution in [0.3, 0.4) is 0 Å². The number of rotatable bonds is 3. The lowest BCUT2D eigenvalue weighted by Crippen LogP contribution is -2.12. The van der Waals surface area contributed by atoms with Crippen molar-refractivity contribution in [2.45, 2.75) is 45.6 Å². The maximum Gasteiger partial charge on any atom is 0.0756 e. The van der Waals surface area contributed by atoms with E-state index in [1.54, 1.807) is 0 Å². The van der Waals surface area contributed by atoms with E-state index in [4.69, 9.17) is 4.74 Å². The van der Waals surface area contributed by atoms with Crippen LogP contribution in [0.15, 0.2) is 11.6 Å². The first-order valence-corrected chi connectivity index (χ1v) is 4.65. The third kappa shape index (κ3) is 2.66. The number of hydrogen-bond donors (Lipinski definition) is 0. The van der Waals surface area contributed by atoms with Crippen LogP contribution in [0.5, 0.6) is 0 Å². The summed E-state index contributed by atoms with van der Waals surface area (Å²) in [6.45, 7) is 5.04. The highest BCUT2D eigenvalue weighted by molar-refractivity contribution is 5.09. The molecule has 1 aliphatic rings. The monoisotopic (exact) mass is 154 g/mol. The normalized spacial score (nSPS) is 21.1. The summed E-state index contributed by atoms with van der Waals surface area (Å²) in [5.41, 5.74) is 1.51. The van der Waals surface area contributed by atoms with E-state index in [0.29, 0.717) is 6.10 Å². The Hall–Kier alpha value is -0.300. The molecule has 1 atom stereocenters. The van der Waals surface area contributed by atoms with Crippen molar-refractivity contribution in [2.75, 3.05) is 6.61 Å². The van der Waals surface area contributed by atoms with Gasteiger partial charge in [0, 0.05) is 6.61 Å². The third-order valence-corrected chi connectivity index (χ3v) is 2.26. The van der Waals surface area contributed by atoms with E-state index in [0.717, 1.165) is 6.61 Å². The Labute approximate surface area is 69.4 Å². The fraction of sp³-hybridized carbons (Fsp3) is 0.800. The van der Waals surface area contributed by atoms with Gasteiger partial charge >= 0.3 is 0 Å². The van der Waals surface area contributed by atoms with Crippen LogP contribution in [0.4, 0.5) is 0 Å². The van der Waals surface area contributed by atoms with E-state index >= 15 is 0 Å². The lowest BCUT2D eigenvalue weighted by molar-refractivity contribution is 0.0977. The first kappa shape index (κ1) is 8.79. The van der Waals surface area contributed by atoms with E-state index in [9.17, 15) is 0 Å². The predicted octanol–water partition coefficient (Wildman–Crippen LogP) is 2.91. The summed E-state index contributed by atoms with van der Waals surface area (Å²) in [7, 11) is 0. The fourth-order valence-electron chi connectivity index (χ4n) is 1.59. The Morgan fingerprint density at radius 1 is 1.55 bits per heavy atom. The van der Waals surface area contributed by atoms with Crippen molar-refractivity contribution < 1.29 is 4.74 Å². The molecule has 0 aromatic carbocycles. The standard InChI is InChI=1S/C10H18O/c1-3-11-9(2)10-7-5-4-6-8-10/h7,9H,3-6,8H2,1-2H3. The van der Waals surface area contributed by atoms with Gasteiger partial charge < -0.3 is 4.74 Å². The lowest BCUT2D eigenvalue weighted by Gasteiger charge is -2.19. The van der Waals surface area contributed by atoms with Crippen LogP contribution in [0.25, 0.3) is 0 Å². The Morgan fingerprint density at radius 3 is 2.91 bits per heavy atom. The average molecular weight is 154 g/mol. The van der Waals surface area contributed by atoms with Crippen LogP contribution < -0.4 is 0 Å². The number of hydrogen-bond acceptors (Lipinski definition) is 1. The minimum Gasteiger partial charge on any atom is -0.374 e. The molecule has 1 unspecified atom stereocenters. The maximum atomic E-state index is 5.51. The molecule has 0 aromatic rings. The second kappa shape index (κ2) is 4.55. The summed E-state index contributed by atoms with van der Waals surface area (Å²) in [5.74, 6) is 0. The van der Waals surface area contributed by atoms with Gasteiger partial charge in [-0.1, -0.05) is 6.08 Å². The van der Waals surface area contributed by atoms with E-state index in [2.05, 4.69) is 19.9 Å². The topological polar surface area (TPSA) is 9.23 Å². The molecule has 0 bridgehead atoms. The summed E-state index contributed by atoms with van der Waals surface area (Å²) in [4.78, 5) is 0. The second-order valence-electron chi connectivity index (χ2n) is 3.12. The van der Waals surface area contributed by atoms with Crippen LogP contribution >= 0.6 is 0 Å². The minimum atomic E-state index is 0.361. The number of ether oxygens (including phenoxy) is 1. The summed E-state index contributed by atoms with van der Waals surface area (Å²) in [6.07, 6.45) is 7.93. The van der Waals surface area contributed by atoms with Crippen molar-refractivity contribution in [1.29, 1.82) is 0 Å². The Morgan fingerprint density at radius 2 is 2.36 bits per heavy atom. The molecule has 0 heterocycles. The van der Waals surface area contributed by atoms with Crippen molar-refractivity contribution in [3.63, 3.8) is 0 Å². The fourth-order valence-corrected chi connectivity index (χ4v) is 1.59. The molecule has 0 saturated carbocycles. The quantitative estimate of drug-likeness (QED) is 0.568. The molecule has 0 aromatic heterocycles. The van der Waals surface area contributed by atoms with Crippen molar-refractivity contribution >= 4 is 0 Å². The average Bonchev–Trinajstić information content (AvgIpc) is 2.07. The van der Waals surface area contributed by atoms with Crippen LogP contribution in [0.1, 0.15) is 39.5 Å². The first-order valence-electron chi connectivity index (χ1n) is 4.65. The predicted molar refractivity (Wildman–Crippen MR) is 47.6 cm³/mol. The van der Waals surface area contributed by atoms with Crippen LogP contribution in [0.2, 0.25) is 0 Å². The van der Waals surface area contributed by atoms with E-state index in [1.165, 1.54) is 31.3 Å². The highest BCUT2D eigenvalue weighted by atomic mass is 16.5. The van der Waals surface area contributed by atoms with E-state index in [1.807, 2.05) is 0 Å². The summed E-state index contributed by atoms with van der Waals surface area (Å²) in [6, 6.07) is 0. The zero-order chi connectivity index (χ0) is 8.10. The molecule has 0 amide bonds. The molecule has 1 nitrogen and oxygen atoms in total. The second-order valence-corrected chi connectivity index (χ2v) is 3.12. The molecular formula is C10H18O. The molecule has 1 aliphatic carbocycles. The molecule has 11 heavy (non-hydrogen) atoms. The zero-order valence-corrected chi connectivity index (χ0v) is 7.60. The summed E-state index contributed by atoms with van der Waals surface area (Å²) in [5, 5.41) is 0. The summed E-state index contributed by atoms with van der Waals surface area (Å²) < 4.78 is 5.51. The van der Waals surface area contributed by atoms with Gasteiger partial charge in [0.25, 0.3) is 0 Å². The van der Waals surface area contributed by atoms with Gasteiger partial charge in [0.05, 0.1) is 6.10 Å². The molecule has 0 fully saturated rings. The highest BCUT2D eigenvalue weighted by Crippen LogP contribution is 2.21. The highest BCUT2D eigenvalue weighted by Gasteiger charge is 2.10. The number of allylic oxidation sites excluding steroid dienone is 1. The third-order valence-electron chi connectivity index (χ3n) is 2.26. The van der Waals surface area contributed by atoms with Gasteiger partial charge in [0.2, 0.25) is 0 Å². The van der Waals surface area contributed by atoms with Gasteiger partial charge in [-0.15, -0.1) is 0 Å². The van der Waals surface area contributed by atoms with Gasteiger partial charge in [0.15, 0.2) is 0 Å². The molecule has 0 N–H and O–H groups in total. The Kier molecular flexibility index (Phi) is 3.64. The molecule has 1 heteroatoms. The van der Waals surface area contributed by atoms with Crippen molar-refractivity contribution in [2.24, 2.45) is 0 Å². The largest absolute Gasteiger partial charge is 0.374 e. The summed E-state index contributed by atoms with van der Waals surface area (Å²) >= 11 is 0. The van der Waals surface area contributed by atoms with Gasteiger partial charge in [-0.05, 0) is 45.1 Å². The van der Waals surface area contributed by atoms with E-state index < -0.39 is 0 Å². The molecule has 0 spiro atoms. The Balaban J connectivity index is 2.37. The zero-order valence-electron chi connectivity index (χ0n) is 7.60. The minimum absolute atomic E-state index is 0.361.